The van der Waals surface area contributed by atoms with Crippen LogP contribution in [0.4, 0.5) is 0 Å². The van der Waals surface area contributed by atoms with Gasteiger partial charge in [-0.05, 0) is 17.7 Å². The standard InChI is InChI=1S/C10H7BrClNO2/c1-15-10(14)9-7(5-13)2-6(4-11)3-8(9)12/h2-3H,4H2,1H3. The van der Waals surface area contributed by atoms with Crippen molar-refractivity contribution in [1.29, 1.82) is 5.26 Å². The van der Waals surface area contributed by atoms with E-state index in [9.17, 15) is 4.79 Å². The van der Waals surface area contributed by atoms with E-state index in [0.29, 0.717) is 5.33 Å². The Morgan fingerprint density at radius 3 is 2.80 bits per heavy atom. The van der Waals surface area contributed by atoms with Gasteiger partial charge in [0.1, 0.15) is 6.07 Å². The van der Waals surface area contributed by atoms with E-state index in [1.165, 1.54) is 7.11 Å². The van der Waals surface area contributed by atoms with Gasteiger partial charge in [-0.3, -0.25) is 0 Å². The number of halogens is 2. The number of carbonyl (C=O) groups is 1. The quantitative estimate of drug-likeness (QED) is 0.621. The van der Waals surface area contributed by atoms with Crippen molar-refractivity contribution < 1.29 is 9.53 Å². The molecule has 1 aromatic carbocycles. The number of benzene rings is 1. The molecule has 0 atom stereocenters. The highest BCUT2D eigenvalue weighted by Gasteiger charge is 2.17. The van der Waals surface area contributed by atoms with Gasteiger partial charge in [0.2, 0.25) is 0 Å². The number of nitriles is 1. The predicted molar refractivity (Wildman–Crippen MR) is 60.1 cm³/mol. The van der Waals surface area contributed by atoms with Crippen molar-refractivity contribution in [2.24, 2.45) is 0 Å². The molecule has 1 aromatic rings. The molecule has 0 bridgehead atoms. The monoisotopic (exact) mass is 287 g/mol. The van der Waals surface area contributed by atoms with Crippen molar-refractivity contribution in [3.05, 3.63) is 33.8 Å². The summed E-state index contributed by atoms with van der Waals surface area (Å²) in [5.41, 5.74) is 1.18. The molecule has 0 heterocycles. The maximum atomic E-state index is 11.3. The Labute approximate surface area is 101 Å². The Bertz CT molecular complexity index is 440. The first kappa shape index (κ1) is 12.0. The van der Waals surface area contributed by atoms with Gasteiger partial charge >= 0.3 is 5.97 Å². The second-order valence-electron chi connectivity index (χ2n) is 2.74. The molecule has 0 amide bonds. The molecule has 0 aromatic heterocycles. The third-order valence-electron chi connectivity index (χ3n) is 1.81. The fourth-order valence-electron chi connectivity index (χ4n) is 1.14. The molecule has 78 valence electrons. The van der Waals surface area contributed by atoms with E-state index in [-0.39, 0.29) is 16.1 Å². The third-order valence-corrected chi connectivity index (χ3v) is 2.76. The highest BCUT2D eigenvalue weighted by atomic mass is 79.9. The average Bonchev–Trinajstić information content (AvgIpc) is 2.26. The molecule has 5 heteroatoms. The fraction of sp³-hybridized carbons (Fsp3) is 0.200. The SMILES string of the molecule is COC(=O)c1c(Cl)cc(CBr)cc1C#N. The minimum atomic E-state index is -0.599. The van der Waals surface area contributed by atoms with E-state index in [4.69, 9.17) is 16.9 Å². The number of esters is 1. The minimum absolute atomic E-state index is 0.117. The first-order valence-corrected chi connectivity index (χ1v) is 5.50. The van der Waals surface area contributed by atoms with Crippen LogP contribution >= 0.6 is 27.5 Å². The number of methoxy groups -OCH3 is 1. The lowest BCUT2D eigenvalue weighted by Gasteiger charge is -2.06. The number of nitrogens with zero attached hydrogens (tertiary/aromatic N) is 1. The highest BCUT2D eigenvalue weighted by Crippen LogP contribution is 2.24. The summed E-state index contributed by atoms with van der Waals surface area (Å²) in [5.74, 6) is -0.599. The van der Waals surface area contributed by atoms with Crippen LogP contribution in [0.2, 0.25) is 5.02 Å². The number of hydrogen-bond donors (Lipinski definition) is 0. The van der Waals surface area contributed by atoms with Gasteiger partial charge < -0.3 is 4.74 Å². The van der Waals surface area contributed by atoms with Crippen molar-refractivity contribution in [1.82, 2.24) is 0 Å². The molecule has 0 aliphatic carbocycles. The highest BCUT2D eigenvalue weighted by molar-refractivity contribution is 9.08. The Hall–Kier alpha value is -1.05. The van der Waals surface area contributed by atoms with Gasteiger partial charge in [-0.25, -0.2) is 4.79 Å². The summed E-state index contributed by atoms with van der Waals surface area (Å²) in [7, 11) is 1.25. The van der Waals surface area contributed by atoms with Gasteiger partial charge in [0.25, 0.3) is 0 Å². The van der Waals surface area contributed by atoms with Crippen LogP contribution in [0.5, 0.6) is 0 Å². The molecule has 3 nitrogen and oxygen atoms in total. The summed E-state index contributed by atoms with van der Waals surface area (Å²) in [6.45, 7) is 0. The Morgan fingerprint density at radius 2 is 2.33 bits per heavy atom. The van der Waals surface area contributed by atoms with E-state index in [1.54, 1.807) is 12.1 Å². The van der Waals surface area contributed by atoms with Crippen molar-refractivity contribution in [2.75, 3.05) is 7.11 Å². The van der Waals surface area contributed by atoms with Crippen molar-refractivity contribution in [3.63, 3.8) is 0 Å². The van der Waals surface area contributed by atoms with E-state index in [0.717, 1.165) is 5.56 Å². The Morgan fingerprint density at radius 1 is 1.67 bits per heavy atom. The van der Waals surface area contributed by atoms with E-state index >= 15 is 0 Å². The van der Waals surface area contributed by atoms with Gasteiger partial charge in [0.05, 0.1) is 23.3 Å². The van der Waals surface area contributed by atoms with Crippen LogP contribution in [-0.2, 0) is 10.1 Å². The van der Waals surface area contributed by atoms with Crippen LogP contribution in [0.1, 0.15) is 21.5 Å². The molecule has 0 N–H and O–H groups in total. The molecule has 1 rings (SSSR count). The molecular formula is C10H7BrClNO2. The minimum Gasteiger partial charge on any atom is -0.465 e. The second kappa shape index (κ2) is 5.15. The van der Waals surface area contributed by atoms with E-state index < -0.39 is 5.97 Å². The zero-order chi connectivity index (χ0) is 11.4. The van der Waals surface area contributed by atoms with E-state index in [2.05, 4.69) is 20.7 Å². The lowest BCUT2D eigenvalue weighted by Crippen LogP contribution is -2.05. The van der Waals surface area contributed by atoms with Crippen molar-refractivity contribution >= 4 is 33.5 Å². The summed E-state index contributed by atoms with van der Waals surface area (Å²) in [4.78, 5) is 11.3. The summed E-state index contributed by atoms with van der Waals surface area (Å²) in [5, 5.41) is 9.68. The molecule has 0 spiro atoms. The molecule has 0 fully saturated rings. The number of hydrogen-bond acceptors (Lipinski definition) is 3. The van der Waals surface area contributed by atoms with Crippen molar-refractivity contribution in [3.8, 4) is 6.07 Å². The fourth-order valence-corrected chi connectivity index (χ4v) is 1.78. The Balaban J connectivity index is 3.39. The van der Waals surface area contributed by atoms with E-state index in [1.807, 2.05) is 6.07 Å². The summed E-state index contributed by atoms with van der Waals surface area (Å²) in [6, 6.07) is 5.15. The lowest BCUT2D eigenvalue weighted by atomic mass is 10.1. The third kappa shape index (κ3) is 2.49. The first-order valence-electron chi connectivity index (χ1n) is 4.00. The summed E-state index contributed by atoms with van der Waals surface area (Å²) in [6.07, 6.45) is 0. The molecule has 0 unspecified atom stereocenters. The van der Waals surface area contributed by atoms with Crippen LogP contribution < -0.4 is 0 Å². The van der Waals surface area contributed by atoms with Gasteiger partial charge in [0.15, 0.2) is 0 Å². The van der Waals surface area contributed by atoms with Crippen LogP contribution in [0.25, 0.3) is 0 Å². The Kier molecular flexibility index (Phi) is 4.13. The smallest absolute Gasteiger partial charge is 0.340 e. The normalized spacial score (nSPS) is 9.47. The topological polar surface area (TPSA) is 50.1 Å². The van der Waals surface area contributed by atoms with Gasteiger partial charge in [-0.15, -0.1) is 0 Å². The number of ether oxygens (including phenoxy) is 1. The first-order chi connectivity index (χ1) is 7.13. The van der Waals surface area contributed by atoms with Gasteiger partial charge in [-0.1, -0.05) is 27.5 Å². The maximum Gasteiger partial charge on any atom is 0.340 e. The molecular weight excluding hydrogens is 281 g/mol. The second-order valence-corrected chi connectivity index (χ2v) is 3.71. The number of carbonyl (C=O) groups excluding carboxylic acids is 1. The lowest BCUT2D eigenvalue weighted by molar-refractivity contribution is 0.0600. The van der Waals surface area contributed by atoms with Crippen LogP contribution in [0.3, 0.4) is 0 Å². The zero-order valence-electron chi connectivity index (χ0n) is 7.88. The average molecular weight is 289 g/mol. The largest absolute Gasteiger partial charge is 0.465 e. The van der Waals surface area contributed by atoms with Crippen LogP contribution in [0, 0.1) is 11.3 Å². The summed E-state index contributed by atoms with van der Waals surface area (Å²) < 4.78 is 4.55. The number of alkyl halides is 1. The molecule has 0 saturated heterocycles. The summed E-state index contributed by atoms with van der Waals surface area (Å²) >= 11 is 9.14. The van der Waals surface area contributed by atoms with Gasteiger partial charge in [0, 0.05) is 5.33 Å². The number of rotatable bonds is 2. The van der Waals surface area contributed by atoms with Crippen LogP contribution in [0.15, 0.2) is 12.1 Å². The van der Waals surface area contributed by atoms with Crippen molar-refractivity contribution in [2.45, 2.75) is 5.33 Å². The van der Waals surface area contributed by atoms with Gasteiger partial charge in [-0.2, -0.15) is 5.26 Å². The zero-order valence-corrected chi connectivity index (χ0v) is 10.2. The molecule has 0 radical (unpaired) electrons. The molecule has 15 heavy (non-hydrogen) atoms. The molecule has 0 saturated carbocycles. The molecule has 0 aliphatic rings. The van der Waals surface area contributed by atoms with Crippen LogP contribution in [-0.4, -0.2) is 13.1 Å². The predicted octanol–water partition coefficient (Wildman–Crippen LogP) is 2.89. The molecule has 0 aliphatic heterocycles. The maximum absolute atomic E-state index is 11.3.